The predicted molar refractivity (Wildman–Crippen MR) is 79.2 cm³/mol. The minimum Gasteiger partial charge on any atom is -0.477 e. The van der Waals surface area contributed by atoms with Gasteiger partial charge in [-0.3, -0.25) is 10.00 Å². The van der Waals surface area contributed by atoms with Gasteiger partial charge in [-0.1, -0.05) is 30.3 Å². The summed E-state index contributed by atoms with van der Waals surface area (Å²) >= 11 is 0. The van der Waals surface area contributed by atoms with Gasteiger partial charge in [-0.05, 0) is 30.9 Å². The molecule has 21 heavy (non-hydrogen) atoms. The number of nitrogens with zero attached hydrogens (tertiary/aromatic N) is 2. The Bertz CT molecular complexity index is 609. The highest BCUT2D eigenvalue weighted by atomic mass is 16.4. The van der Waals surface area contributed by atoms with Gasteiger partial charge in [0, 0.05) is 18.7 Å². The van der Waals surface area contributed by atoms with Crippen LogP contribution in [0.4, 0.5) is 0 Å². The number of aromatic amines is 1. The van der Waals surface area contributed by atoms with Gasteiger partial charge in [0.25, 0.3) is 0 Å². The predicted octanol–water partition coefficient (Wildman–Crippen LogP) is 2.49. The Morgan fingerprint density at radius 3 is 2.95 bits per heavy atom. The number of aromatic carboxylic acids is 1. The monoisotopic (exact) mass is 285 g/mol. The Hall–Kier alpha value is -2.14. The summed E-state index contributed by atoms with van der Waals surface area (Å²) in [6.45, 7) is 2.61. The van der Waals surface area contributed by atoms with Crippen molar-refractivity contribution in [3.05, 3.63) is 53.3 Å². The fourth-order valence-electron chi connectivity index (χ4n) is 3.05. The van der Waals surface area contributed by atoms with E-state index in [9.17, 15) is 4.79 Å². The Morgan fingerprint density at radius 2 is 2.19 bits per heavy atom. The molecule has 110 valence electrons. The number of hydrogen-bond acceptors (Lipinski definition) is 3. The largest absolute Gasteiger partial charge is 0.477 e. The molecule has 1 saturated heterocycles. The van der Waals surface area contributed by atoms with Crippen LogP contribution in [-0.4, -0.2) is 39.3 Å². The number of nitrogens with one attached hydrogen (secondary N) is 1. The van der Waals surface area contributed by atoms with Gasteiger partial charge >= 0.3 is 5.97 Å². The third-order valence-electron chi connectivity index (χ3n) is 4.10. The van der Waals surface area contributed by atoms with Crippen LogP contribution in [0.25, 0.3) is 0 Å². The van der Waals surface area contributed by atoms with Crippen LogP contribution in [0.1, 0.15) is 40.4 Å². The number of carboxylic acid groups (broad SMARTS) is 1. The summed E-state index contributed by atoms with van der Waals surface area (Å²) < 4.78 is 0. The highest BCUT2D eigenvalue weighted by Crippen LogP contribution is 2.27. The van der Waals surface area contributed by atoms with Gasteiger partial charge in [0.2, 0.25) is 0 Å². The second-order valence-corrected chi connectivity index (χ2v) is 5.56. The lowest BCUT2D eigenvalue weighted by Crippen LogP contribution is -2.34. The van der Waals surface area contributed by atoms with Crippen LogP contribution in [0.3, 0.4) is 0 Å². The van der Waals surface area contributed by atoms with Crippen LogP contribution in [0.15, 0.2) is 36.5 Å². The first-order valence-corrected chi connectivity index (χ1v) is 7.27. The first-order valence-electron chi connectivity index (χ1n) is 7.27. The van der Waals surface area contributed by atoms with Gasteiger partial charge in [-0.2, -0.15) is 5.10 Å². The van der Waals surface area contributed by atoms with E-state index >= 15 is 0 Å². The second kappa shape index (κ2) is 6.10. The maximum atomic E-state index is 11.1. The normalized spacial score (nSPS) is 19.5. The van der Waals surface area contributed by atoms with Gasteiger partial charge in [0.15, 0.2) is 0 Å². The van der Waals surface area contributed by atoms with Crippen molar-refractivity contribution in [2.24, 2.45) is 0 Å². The van der Waals surface area contributed by atoms with Crippen molar-refractivity contribution in [3.63, 3.8) is 0 Å². The zero-order valence-corrected chi connectivity index (χ0v) is 11.8. The molecule has 2 aromatic rings. The third kappa shape index (κ3) is 3.13. The Morgan fingerprint density at radius 1 is 1.38 bits per heavy atom. The number of carboxylic acids is 1. The molecule has 0 saturated carbocycles. The highest BCUT2D eigenvalue weighted by molar-refractivity contribution is 5.86. The maximum absolute atomic E-state index is 11.1. The first kappa shape index (κ1) is 13.8. The number of benzene rings is 1. The van der Waals surface area contributed by atoms with Crippen molar-refractivity contribution in [1.29, 1.82) is 0 Å². The summed E-state index contributed by atoms with van der Waals surface area (Å²) in [4.78, 5) is 13.4. The highest BCUT2D eigenvalue weighted by Gasteiger charge is 2.23. The molecule has 1 aliphatic rings. The number of likely N-dealkylation sites (tertiary alicyclic amines) is 1. The molecule has 0 bridgehead atoms. The van der Waals surface area contributed by atoms with E-state index in [1.165, 1.54) is 12.0 Å². The van der Waals surface area contributed by atoms with Gasteiger partial charge in [-0.25, -0.2) is 4.79 Å². The lowest BCUT2D eigenvalue weighted by molar-refractivity contribution is 0.0687. The molecule has 3 rings (SSSR count). The summed E-state index contributed by atoms with van der Waals surface area (Å²) in [6.07, 6.45) is 3.95. The molecule has 1 aromatic heterocycles. The van der Waals surface area contributed by atoms with Crippen molar-refractivity contribution in [2.75, 3.05) is 13.1 Å². The van der Waals surface area contributed by atoms with Crippen molar-refractivity contribution >= 4 is 5.97 Å². The molecule has 2 heterocycles. The van der Waals surface area contributed by atoms with E-state index in [1.54, 1.807) is 6.20 Å². The molecule has 1 fully saturated rings. The van der Waals surface area contributed by atoms with Crippen LogP contribution >= 0.6 is 0 Å². The number of hydrogen-bond donors (Lipinski definition) is 2. The zero-order valence-electron chi connectivity index (χ0n) is 11.8. The van der Waals surface area contributed by atoms with Gasteiger partial charge in [0.05, 0.1) is 6.20 Å². The lowest BCUT2D eigenvalue weighted by Gasteiger charge is -2.32. The molecule has 5 heteroatoms. The quantitative estimate of drug-likeness (QED) is 0.905. The van der Waals surface area contributed by atoms with Crippen molar-refractivity contribution in [3.8, 4) is 0 Å². The smallest absolute Gasteiger partial charge is 0.354 e. The molecule has 5 nitrogen and oxygen atoms in total. The molecule has 0 spiro atoms. The molecule has 1 atom stereocenters. The van der Waals surface area contributed by atoms with Crippen molar-refractivity contribution in [1.82, 2.24) is 15.1 Å². The van der Waals surface area contributed by atoms with Gasteiger partial charge in [0.1, 0.15) is 5.69 Å². The third-order valence-corrected chi connectivity index (χ3v) is 4.10. The van der Waals surface area contributed by atoms with Crippen LogP contribution in [-0.2, 0) is 6.54 Å². The Labute approximate surface area is 123 Å². The summed E-state index contributed by atoms with van der Waals surface area (Å²) in [5.74, 6) is -0.417. The van der Waals surface area contributed by atoms with E-state index in [1.807, 2.05) is 6.07 Å². The second-order valence-electron chi connectivity index (χ2n) is 5.56. The SMILES string of the molecule is O=C(O)c1[nH]ncc1CN1CCC[C@H](c2ccccc2)C1. The van der Waals surface area contributed by atoms with Crippen LogP contribution in [0.5, 0.6) is 0 Å². The molecular formula is C16H19N3O2. The Balaban J connectivity index is 1.69. The molecule has 0 radical (unpaired) electrons. The van der Waals surface area contributed by atoms with Gasteiger partial charge < -0.3 is 5.11 Å². The van der Waals surface area contributed by atoms with E-state index in [-0.39, 0.29) is 5.69 Å². The number of rotatable bonds is 4. The fourth-order valence-corrected chi connectivity index (χ4v) is 3.05. The molecule has 1 aromatic carbocycles. The van der Waals surface area contributed by atoms with E-state index in [0.717, 1.165) is 25.1 Å². The number of carbonyl (C=O) groups is 1. The van der Waals surface area contributed by atoms with Crippen LogP contribution < -0.4 is 0 Å². The summed E-state index contributed by atoms with van der Waals surface area (Å²) in [5, 5.41) is 15.5. The van der Waals surface area contributed by atoms with Crippen molar-refractivity contribution in [2.45, 2.75) is 25.3 Å². The minimum absolute atomic E-state index is 0.205. The van der Waals surface area contributed by atoms with Crippen LogP contribution in [0, 0.1) is 0 Å². The number of H-pyrrole nitrogens is 1. The molecule has 0 aliphatic carbocycles. The number of piperidine rings is 1. The topological polar surface area (TPSA) is 69.2 Å². The average Bonchev–Trinajstić information content (AvgIpc) is 2.97. The van der Waals surface area contributed by atoms with Crippen molar-refractivity contribution < 1.29 is 9.90 Å². The van der Waals surface area contributed by atoms with Crippen LogP contribution in [0.2, 0.25) is 0 Å². The van der Waals surface area contributed by atoms with E-state index in [4.69, 9.17) is 5.11 Å². The minimum atomic E-state index is -0.945. The fraction of sp³-hybridized carbons (Fsp3) is 0.375. The average molecular weight is 285 g/mol. The molecule has 1 aliphatic heterocycles. The summed E-state index contributed by atoms with van der Waals surface area (Å²) in [5.41, 5.74) is 2.33. The standard InChI is InChI=1S/C16H19N3O2/c20-16(21)15-14(9-17-18-15)11-19-8-4-7-13(10-19)12-5-2-1-3-6-12/h1-3,5-6,9,13H,4,7-8,10-11H2,(H,17,18)(H,20,21)/t13-/m0/s1. The lowest BCUT2D eigenvalue weighted by atomic mass is 9.90. The molecule has 0 unspecified atom stereocenters. The Kier molecular flexibility index (Phi) is 4.01. The molecular weight excluding hydrogens is 266 g/mol. The van der Waals surface area contributed by atoms with E-state index < -0.39 is 5.97 Å². The summed E-state index contributed by atoms with van der Waals surface area (Å²) in [6, 6.07) is 10.5. The van der Waals surface area contributed by atoms with Gasteiger partial charge in [-0.15, -0.1) is 0 Å². The summed E-state index contributed by atoms with van der Waals surface area (Å²) in [7, 11) is 0. The molecule has 2 N–H and O–H groups in total. The first-order chi connectivity index (χ1) is 10.2. The van der Waals surface area contributed by atoms with E-state index in [2.05, 4.69) is 39.4 Å². The molecule has 0 amide bonds. The number of aromatic nitrogens is 2. The zero-order chi connectivity index (χ0) is 14.7. The maximum Gasteiger partial charge on any atom is 0.354 e. The van der Waals surface area contributed by atoms with E-state index in [0.29, 0.717) is 12.5 Å².